The van der Waals surface area contributed by atoms with Gasteiger partial charge in [-0.1, -0.05) is 33.3 Å². The maximum Gasteiger partial charge on any atom is 0.138 e. The lowest BCUT2D eigenvalue weighted by atomic mass is 9.87. The van der Waals surface area contributed by atoms with E-state index in [0.717, 1.165) is 35.5 Å². The number of aromatic amines is 1. The Morgan fingerprint density at radius 2 is 1.72 bits per heavy atom. The van der Waals surface area contributed by atoms with Crippen molar-refractivity contribution in [1.82, 2.24) is 14.9 Å². The summed E-state index contributed by atoms with van der Waals surface area (Å²) in [5.41, 5.74) is 5.99. The third kappa shape index (κ3) is 4.64. The summed E-state index contributed by atoms with van der Waals surface area (Å²) < 4.78 is 0. The van der Waals surface area contributed by atoms with Gasteiger partial charge in [0.15, 0.2) is 0 Å². The Hall–Kier alpha value is -2.33. The standard InChI is InChI=1S/C25H34N4/c1-25(2,3)20-10-13-22-23(18-20)27-24(26-22)19-8-11-21(12-9-19)28(4)16-17-29-14-6-5-7-15-29/h8-13,18H,5-7,14-17H2,1-4H3,(H,26,27). The maximum absolute atomic E-state index is 4.80. The maximum atomic E-state index is 4.80. The Morgan fingerprint density at radius 3 is 2.41 bits per heavy atom. The normalized spacial score (nSPS) is 15.7. The van der Waals surface area contributed by atoms with E-state index >= 15 is 0 Å². The number of nitrogens with one attached hydrogen (secondary N) is 1. The van der Waals surface area contributed by atoms with Gasteiger partial charge in [-0.25, -0.2) is 4.98 Å². The van der Waals surface area contributed by atoms with Gasteiger partial charge in [0.05, 0.1) is 11.0 Å². The number of aromatic nitrogens is 2. The van der Waals surface area contributed by atoms with E-state index in [-0.39, 0.29) is 5.41 Å². The number of imidazole rings is 1. The van der Waals surface area contributed by atoms with E-state index in [4.69, 9.17) is 4.98 Å². The van der Waals surface area contributed by atoms with Gasteiger partial charge in [-0.3, -0.25) is 0 Å². The van der Waals surface area contributed by atoms with Crippen molar-refractivity contribution in [2.75, 3.05) is 38.1 Å². The minimum absolute atomic E-state index is 0.139. The molecule has 29 heavy (non-hydrogen) atoms. The van der Waals surface area contributed by atoms with Gasteiger partial charge in [0.2, 0.25) is 0 Å². The second-order valence-corrected chi connectivity index (χ2v) is 9.44. The number of fused-ring (bicyclic) bond motifs is 1. The summed E-state index contributed by atoms with van der Waals surface area (Å²) in [7, 11) is 2.19. The van der Waals surface area contributed by atoms with Gasteiger partial charge in [-0.15, -0.1) is 0 Å². The molecular weight excluding hydrogens is 356 g/mol. The highest BCUT2D eigenvalue weighted by atomic mass is 15.2. The van der Waals surface area contributed by atoms with E-state index in [9.17, 15) is 0 Å². The molecule has 4 heteroatoms. The first-order valence-corrected chi connectivity index (χ1v) is 10.9. The summed E-state index contributed by atoms with van der Waals surface area (Å²) >= 11 is 0. The Kier molecular flexibility index (Phi) is 5.64. The predicted molar refractivity (Wildman–Crippen MR) is 124 cm³/mol. The number of anilines is 1. The van der Waals surface area contributed by atoms with E-state index in [2.05, 4.69) is 85.1 Å². The smallest absolute Gasteiger partial charge is 0.138 e. The number of likely N-dealkylation sites (N-methyl/N-ethyl adjacent to an activating group) is 1. The average Bonchev–Trinajstić information content (AvgIpc) is 3.16. The molecule has 0 saturated carbocycles. The summed E-state index contributed by atoms with van der Waals surface area (Å²) in [5.74, 6) is 0.938. The molecule has 2 aromatic carbocycles. The van der Waals surface area contributed by atoms with Gasteiger partial charge >= 0.3 is 0 Å². The van der Waals surface area contributed by atoms with E-state index in [1.807, 2.05) is 0 Å². The lowest BCUT2D eigenvalue weighted by molar-refractivity contribution is 0.234. The van der Waals surface area contributed by atoms with Crippen LogP contribution in [0.2, 0.25) is 0 Å². The highest BCUT2D eigenvalue weighted by Gasteiger charge is 2.15. The van der Waals surface area contributed by atoms with Gasteiger partial charge < -0.3 is 14.8 Å². The molecule has 2 heterocycles. The molecule has 4 nitrogen and oxygen atoms in total. The quantitative estimate of drug-likeness (QED) is 0.629. The minimum Gasteiger partial charge on any atom is -0.373 e. The molecule has 0 unspecified atom stereocenters. The first kappa shape index (κ1) is 20.0. The third-order valence-corrected chi connectivity index (χ3v) is 6.13. The molecule has 1 N–H and O–H groups in total. The summed E-state index contributed by atoms with van der Waals surface area (Å²) in [4.78, 5) is 13.3. The number of hydrogen-bond donors (Lipinski definition) is 1. The van der Waals surface area contributed by atoms with E-state index in [1.54, 1.807) is 0 Å². The van der Waals surface area contributed by atoms with Gasteiger partial charge in [-0.05, 0) is 73.3 Å². The van der Waals surface area contributed by atoms with Crippen LogP contribution in [-0.2, 0) is 5.41 Å². The molecule has 0 amide bonds. The highest BCUT2D eigenvalue weighted by molar-refractivity contribution is 5.80. The lowest BCUT2D eigenvalue weighted by Gasteiger charge is -2.29. The highest BCUT2D eigenvalue weighted by Crippen LogP contribution is 2.28. The van der Waals surface area contributed by atoms with E-state index in [0.29, 0.717) is 0 Å². The number of nitrogens with zero attached hydrogens (tertiary/aromatic N) is 3. The molecule has 0 spiro atoms. The SMILES string of the molecule is CN(CCN1CCCCC1)c1ccc(-c2nc3ccc(C(C)(C)C)cc3[nH]2)cc1. The van der Waals surface area contributed by atoms with Crippen molar-refractivity contribution in [3.8, 4) is 11.4 Å². The summed E-state index contributed by atoms with van der Waals surface area (Å²) in [6, 6.07) is 15.3. The van der Waals surface area contributed by atoms with Crippen LogP contribution in [0.3, 0.4) is 0 Å². The van der Waals surface area contributed by atoms with Gasteiger partial charge in [0, 0.05) is 31.4 Å². The number of likely N-dealkylation sites (tertiary alicyclic amines) is 1. The van der Waals surface area contributed by atoms with Crippen molar-refractivity contribution >= 4 is 16.7 Å². The van der Waals surface area contributed by atoms with Crippen LogP contribution < -0.4 is 4.90 Å². The Bertz CT molecular complexity index is 943. The first-order chi connectivity index (χ1) is 13.9. The zero-order chi connectivity index (χ0) is 20.4. The van der Waals surface area contributed by atoms with Crippen molar-refractivity contribution in [3.63, 3.8) is 0 Å². The van der Waals surface area contributed by atoms with Crippen LogP contribution in [0.15, 0.2) is 42.5 Å². The number of hydrogen-bond acceptors (Lipinski definition) is 3. The molecule has 1 fully saturated rings. The minimum atomic E-state index is 0.139. The summed E-state index contributed by atoms with van der Waals surface area (Å²) in [6.07, 6.45) is 4.10. The summed E-state index contributed by atoms with van der Waals surface area (Å²) in [5, 5.41) is 0. The fourth-order valence-electron chi connectivity index (χ4n) is 4.09. The van der Waals surface area contributed by atoms with Crippen LogP contribution in [0, 0.1) is 0 Å². The molecule has 0 bridgehead atoms. The molecule has 1 aromatic heterocycles. The largest absolute Gasteiger partial charge is 0.373 e. The van der Waals surface area contributed by atoms with Gasteiger partial charge in [0.1, 0.15) is 5.82 Å². The topological polar surface area (TPSA) is 35.2 Å². The predicted octanol–water partition coefficient (Wildman–Crippen LogP) is 5.45. The number of rotatable bonds is 5. The number of piperidine rings is 1. The summed E-state index contributed by atoms with van der Waals surface area (Å²) in [6.45, 7) is 11.5. The van der Waals surface area contributed by atoms with Crippen molar-refractivity contribution in [2.24, 2.45) is 0 Å². The molecular formula is C25H34N4. The van der Waals surface area contributed by atoms with Crippen molar-refractivity contribution in [2.45, 2.75) is 45.4 Å². The molecule has 154 valence electrons. The monoisotopic (exact) mass is 390 g/mol. The second-order valence-electron chi connectivity index (χ2n) is 9.44. The van der Waals surface area contributed by atoms with Crippen LogP contribution in [-0.4, -0.2) is 48.1 Å². The Labute approximate surface area is 174 Å². The second kappa shape index (κ2) is 8.19. The van der Waals surface area contributed by atoms with Crippen LogP contribution in [0.4, 0.5) is 5.69 Å². The molecule has 3 aromatic rings. The van der Waals surface area contributed by atoms with Crippen LogP contribution in [0.25, 0.3) is 22.4 Å². The molecule has 1 saturated heterocycles. The fraction of sp³-hybridized carbons (Fsp3) is 0.480. The van der Waals surface area contributed by atoms with Crippen molar-refractivity contribution in [1.29, 1.82) is 0 Å². The zero-order valence-electron chi connectivity index (χ0n) is 18.3. The molecule has 0 radical (unpaired) electrons. The van der Waals surface area contributed by atoms with Gasteiger partial charge in [0.25, 0.3) is 0 Å². The number of H-pyrrole nitrogens is 1. The van der Waals surface area contributed by atoms with E-state index < -0.39 is 0 Å². The van der Waals surface area contributed by atoms with Crippen LogP contribution in [0.5, 0.6) is 0 Å². The van der Waals surface area contributed by atoms with Crippen molar-refractivity contribution < 1.29 is 0 Å². The molecule has 1 aliphatic rings. The zero-order valence-corrected chi connectivity index (χ0v) is 18.3. The third-order valence-electron chi connectivity index (χ3n) is 6.13. The van der Waals surface area contributed by atoms with E-state index in [1.165, 1.54) is 43.6 Å². The first-order valence-electron chi connectivity index (χ1n) is 10.9. The van der Waals surface area contributed by atoms with Crippen molar-refractivity contribution in [3.05, 3.63) is 48.0 Å². The Morgan fingerprint density at radius 1 is 1.00 bits per heavy atom. The lowest BCUT2D eigenvalue weighted by Crippen LogP contribution is -2.36. The molecule has 0 aliphatic carbocycles. The molecule has 0 atom stereocenters. The molecule has 1 aliphatic heterocycles. The van der Waals surface area contributed by atoms with Gasteiger partial charge in [-0.2, -0.15) is 0 Å². The average molecular weight is 391 g/mol. The van der Waals surface area contributed by atoms with Crippen LogP contribution in [0.1, 0.15) is 45.6 Å². The van der Waals surface area contributed by atoms with Crippen LogP contribution >= 0.6 is 0 Å². The Balaban J connectivity index is 1.45. The molecule has 4 rings (SSSR count). The number of benzene rings is 2. The fourth-order valence-corrected chi connectivity index (χ4v) is 4.09.